The third kappa shape index (κ3) is 1.76. The van der Waals surface area contributed by atoms with E-state index in [1.807, 2.05) is 0 Å². The molecule has 1 saturated heterocycles. The molecule has 0 aromatic carbocycles. The standard InChI is InChI=1S/C9H18NP/c11-10-6-5-8-3-1-2-4-9(8)7-10/h8-9H,1-7,11H2. The number of hydrogen-bond acceptors (Lipinski definition) is 1. The predicted molar refractivity (Wildman–Crippen MR) is 51.3 cm³/mol. The van der Waals surface area contributed by atoms with Gasteiger partial charge in [0.25, 0.3) is 0 Å². The van der Waals surface area contributed by atoms with E-state index in [0.29, 0.717) is 0 Å². The molecular formula is C9H18NP. The molecular weight excluding hydrogens is 153 g/mol. The van der Waals surface area contributed by atoms with Gasteiger partial charge in [0, 0.05) is 13.1 Å². The van der Waals surface area contributed by atoms with Gasteiger partial charge in [-0.3, -0.25) is 4.67 Å². The molecule has 1 aliphatic heterocycles. The van der Waals surface area contributed by atoms with Crippen molar-refractivity contribution < 1.29 is 0 Å². The molecule has 2 fully saturated rings. The van der Waals surface area contributed by atoms with E-state index in [1.165, 1.54) is 45.2 Å². The quantitative estimate of drug-likeness (QED) is 0.505. The van der Waals surface area contributed by atoms with Crippen LogP contribution in [0.2, 0.25) is 0 Å². The second-order valence-electron chi connectivity index (χ2n) is 4.09. The van der Waals surface area contributed by atoms with Crippen LogP contribution >= 0.6 is 9.39 Å². The van der Waals surface area contributed by atoms with Crippen molar-refractivity contribution in [3.8, 4) is 0 Å². The fraction of sp³-hybridized carbons (Fsp3) is 1.00. The molecule has 2 heteroatoms. The first kappa shape index (κ1) is 8.01. The zero-order valence-electron chi connectivity index (χ0n) is 7.13. The molecule has 1 heterocycles. The highest BCUT2D eigenvalue weighted by molar-refractivity contribution is 7.13. The van der Waals surface area contributed by atoms with Crippen molar-refractivity contribution in [3.05, 3.63) is 0 Å². The average Bonchev–Trinajstić information content (AvgIpc) is 2.04. The Balaban J connectivity index is 1.93. The van der Waals surface area contributed by atoms with Crippen molar-refractivity contribution in [1.29, 1.82) is 0 Å². The van der Waals surface area contributed by atoms with Crippen LogP contribution in [0.1, 0.15) is 32.1 Å². The molecule has 2 aliphatic rings. The molecule has 0 bridgehead atoms. The predicted octanol–water partition coefficient (Wildman–Crippen LogP) is 2.29. The Hall–Kier alpha value is 0.390. The molecule has 11 heavy (non-hydrogen) atoms. The fourth-order valence-electron chi connectivity index (χ4n) is 2.63. The van der Waals surface area contributed by atoms with Crippen LogP contribution in [0.25, 0.3) is 0 Å². The van der Waals surface area contributed by atoms with Crippen LogP contribution in [0.15, 0.2) is 0 Å². The van der Waals surface area contributed by atoms with Crippen molar-refractivity contribution in [2.24, 2.45) is 11.8 Å². The van der Waals surface area contributed by atoms with Crippen LogP contribution in [-0.4, -0.2) is 17.8 Å². The van der Waals surface area contributed by atoms with Gasteiger partial charge in [-0.2, -0.15) is 0 Å². The lowest BCUT2D eigenvalue weighted by Gasteiger charge is -2.39. The minimum Gasteiger partial charge on any atom is -0.287 e. The van der Waals surface area contributed by atoms with Gasteiger partial charge in [0.2, 0.25) is 0 Å². The van der Waals surface area contributed by atoms with Crippen LogP contribution in [0.3, 0.4) is 0 Å². The Labute approximate surface area is 71.8 Å². The van der Waals surface area contributed by atoms with E-state index < -0.39 is 0 Å². The maximum atomic E-state index is 2.85. The largest absolute Gasteiger partial charge is 0.287 e. The second-order valence-corrected chi connectivity index (χ2v) is 4.82. The van der Waals surface area contributed by atoms with Gasteiger partial charge in [-0.05, 0) is 24.7 Å². The van der Waals surface area contributed by atoms with Crippen molar-refractivity contribution in [1.82, 2.24) is 4.67 Å². The van der Waals surface area contributed by atoms with Gasteiger partial charge in [-0.15, -0.1) is 0 Å². The lowest BCUT2D eigenvalue weighted by Crippen LogP contribution is -2.36. The molecule has 0 aromatic rings. The molecule has 1 aliphatic carbocycles. The molecule has 0 N–H and O–H groups in total. The van der Waals surface area contributed by atoms with Crippen molar-refractivity contribution in [2.45, 2.75) is 32.1 Å². The van der Waals surface area contributed by atoms with E-state index in [-0.39, 0.29) is 0 Å². The Morgan fingerprint density at radius 1 is 1.00 bits per heavy atom. The van der Waals surface area contributed by atoms with E-state index in [2.05, 4.69) is 14.1 Å². The van der Waals surface area contributed by atoms with Crippen molar-refractivity contribution in [3.63, 3.8) is 0 Å². The maximum Gasteiger partial charge on any atom is 0.00472 e. The van der Waals surface area contributed by atoms with Crippen LogP contribution in [-0.2, 0) is 0 Å². The summed E-state index contributed by atoms with van der Waals surface area (Å²) in [6.45, 7) is 2.65. The number of nitrogens with zero attached hydrogens (tertiary/aromatic N) is 1. The van der Waals surface area contributed by atoms with Crippen molar-refractivity contribution >= 4 is 9.39 Å². The molecule has 1 nitrogen and oxygen atoms in total. The third-order valence-electron chi connectivity index (χ3n) is 3.32. The van der Waals surface area contributed by atoms with Crippen LogP contribution in [0, 0.1) is 11.8 Å². The highest BCUT2D eigenvalue weighted by atomic mass is 31.0. The fourth-order valence-corrected chi connectivity index (χ4v) is 3.05. The van der Waals surface area contributed by atoms with E-state index in [1.54, 1.807) is 0 Å². The molecule has 64 valence electrons. The summed E-state index contributed by atoms with van der Waals surface area (Å²) in [6.07, 6.45) is 7.45. The lowest BCUT2D eigenvalue weighted by molar-refractivity contribution is 0.142. The molecule has 0 spiro atoms. The maximum absolute atomic E-state index is 2.85. The Kier molecular flexibility index (Phi) is 2.48. The first-order valence-electron chi connectivity index (χ1n) is 4.86. The highest BCUT2D eigenvalue weighted by Crippen LogP contribution is 2.36. The van der Waals surface area contributed by atoms with Crippen LogP contribution in [0.5, 0.6) is 0 Å². The van der Waals surface area contributed by atoms with Gasteiger partial charge in [-0.25, -0.2) is 0 Å². The van der Waals surface area contributed by atoms with Gasteiger partial charge in [-0.1, -0.05) is 28.7 Å². The molecule has 3 unspecified atom stereocenters. The first-order valence-corrected chi connectivity index (χ1v) is 5.37. The Morgan fingerprint density at radius 2 is 1.73 bits per heavy atom. The molecule has 2 rings (SSSR count). The molecule has 0 aromatic heterocycles. The summed E-state index contributed by atoms with van der Waals surface area (Å²) < 4.78 is 2.42. The summed E-state index contributed by atoms with van der Waals surface area (Å²) >= 11 is 0. The van der Waals surface area contributed by atoms with E-state index in [0.717, 1.165) is 11.8 Å². The summed E-state index contributed by atoms with van der Waals surface area (Å²) in [4.78, 5) is 0. The summed E-state index contributed by atoms with van der Waals surface area (Å²) in [6, 6.07) is 0. The molecule has 0 amide bonds. The second kappa shape index (κ2) is 3.41. The summed E-state index contributed by atoms with van der Waals surface area (Å²) in [5, 5.41) is 0. The Bertz CT molecular complexity index is 138. The Morgan fingerprint density at radius 3 is 2.55 bits per heavy atom. The highest BCUT2D eigenvalue weighted by Gasteiger charge is 2.29. The van der Waals surface area contributed by atoms with Gasteiger partial charge in [0.1, 0.15) is 0 Å². The van der Waals surface area contributed by atoms with Crippen LogP contribution < -0.4 is 0 Å². The topological polar surface area (TPSA) is 3.24 Å². The summed E-state index contributed by atoms with van der Waals surface area (Å²) in [7, 11) is 2.85. The van der Waals surface area contributed by atoms with Crippen molar-refractivity contribution in [2.75, 3.05) is 13.1 Å². The first-order chi connectivity index (χ1) is 5.36. The number of piperidine rings is 1. The van der Waals surface area contributed by atoms with Gasteiger partial charge in [0.05, 0.1) is 0 Å². The molecule has 0 radical (unpaired) electrons. The van der Waals surface area contributed by atoms with Gasteiger partial charge in [0.15, 0.2) is 0 Å². The van der Waals surface area contributed by atoms with E-state index in [9.17, 15) is 0 Å². The third-order valence-corrected chi connectivity index (χ3v) is 3.79. The van der Waals surface area contributed by atoms with Crippen LogP contribution in [0.4, 0.5) is 0 Å². The zero-order chi connectivity index (χ0) is 7.68. The monoisotopic (exact) mass is 171 g/mol. The number of fused-ring (bicyclic) bond motifs is 1. The average molecular weight is 171 g/mol. The molecule has 3 atom stereocenters. The summed E-state index contributed by atoms with van der Waals surface area (Å²) in [5.74, 6) is 2.12. The normalized spacial score (nSPS) is 40.1. The minimum atomic E-state index is 1.04. The van der Waals surface area contributed by atoms with Gasteiger partial charge >= 0.3 is 0 Å². The number of rotatable bonds is 0. The minimum absolute atomic E-state index is 1.04. The smallest absolute Gasteiger partial charge is 0.00472 e. The van der Waals surface area contributed by atoms with E-state index in [4.69, 9.17) is 0 Å². The van der Waals surface area contributed by atoms with Gasteiger partial charge < -0.3 is 0 Å². The number of hydrogen-bond donors (Lipinski definition) is 0. The SMILES string of the molecule is PN1CCC2CCCCC2C1. The molecule has 1 saturated carbocycles. The van der Waals surface area contributed by atoms with E-state index >= 15 is 0 Å². The summed E-state index contributed by atoms with van der Waals surface area (Å²) in [5.41, 5.74) is 0. The lowest BCUT2D eigenvalue weighted by atomic mass is 9.76. The zero-order valence-corrected chi connectivity index (χ0v) is 8.28.